The summed E-state index contributed by atoms with van der Waals surface area (Å²) >= 11 is 0. The van der Waals surface area contributed by atoms with Crippen LogP contribution in [-0.4, -0.2) is 55.4 Å². The molecule has 0 spiro atoms. The number of anilines is 1. The molecule has 0 saturated heterocycles. The summed E-state index contributed by atoms with van der Waals surface area (Å²) in [6.45, 7) is 3.36. The van der Waals surface area contributed by atoms with Gasteiger partial charge in [-0.25, -0.2) is 27.2 Å². The number of hydrogen-bond donors (Lipinski definition) is 3. The number of sulfonamides is 1. The lowest BCUT2D eigenvalue weighted by atomic mass is 9.73. The fraction of sp³-hybridized carbons (Fsp3) is 0.368. The zero-order valence-electron chi connectivity index (χ0n) is 30.6. The van der Waals surface area contributed by atoms with Crippen molar-refractivity contribution in [2.45, 2.75) is 76.2 Å². The van der Waals surface area contributed by atoms with E-state index >= 15 is 8.78 Å². The lowest BCUT2D eigenvalue weighted by Gasteiger charge is -2.34. The highest BCUT2D eigenvalue weighted by molar-refractivity contribution is 7.92. The number of alkyl halides is 5. The van der Waals surface area contributed by atoms with Crippen molar-refractivity contribution in [1.82, 2.24) is 29.5 Å². The minimum absolute atomic E-state index is 0.00108. The molecule has 2 aliphatic carbocycles. The number of nitrogens with zero attached hydrogens (tertiary/aromatic N) is 5. The number of rotatable bonds is 9. The van der Waals surface area contributed by atoms with E-state index in [-0.39, 0.29) is 47.6 Å². The number of amides is 1. The van der Waals surface area contributed by atoms with Crippen LogP contribution in [0.15, 0.2) is 48.5 Å². The molecule has 1 aromatic carbocycles. The molecule has 0 radical (unpaired) electrons. The zero-order valence-corrected chi connectivity index (χ0v) is 31.5. The van der Waals surface area contributed by atoms with E-state index in [1.165, 1.54) is 19.9 Å². The van der Waals surface area contributed by atoms with Crippen LogP contribution in [0.2, 0.25) is 0 Å². The molecule has 11 nitrogen and oxygen atoms in total. The predicted octanol–water partition coefficient (Wildman–Crippen LogP) is 6.39. The third-order valence-corrected chi connectivity index (χ3v) is 10.4. The van der Waals surface area contributed by atoms with Gasteiger partial charge >= 0.3 is 6.18 Å². The van der Waals surface area contributed by atoms with E-state index in [1.54, 1.807) is 35.6 Å². The number of nitrogens with one attached hydrogen (secondary N) is 2. The second-order valence-electron chi connectivity index (χ2n) is 14.7. The van der Waals surface area contributed by atoms with Crippen molar-refractivity contribution >= 4 is 27.3 Å². The molecular formula is C38H34F7N7O4S. The molecule has 3 unspecified atom stereocenters. The summed E-state index contributed by atoms with van der Waals surface area (Å²) in [6, 6.07) is 9.08. The lowest BCUT2D eigenvalue weighted by molar-refractivity contribution is -0.144. The van der Waals surface area contributed by atoms with Crippen LogP contribution in [-0.2, 0) is 39.9 Å². The molecule has 0 aliphatic heterocycles. The number of fused-ring (bicyclic) bond motifs is 4. The Labute approximate surface area is 321 Å². The fourth-order valence-corrected chi connectivity index (χ4v) is 8.03. The number of pyridine rings is 2. The Morgan fingerprint density at radius 1 is 1.07 bits per heavy atom. The molecule has 300 valence electrons. The van der Waals surface area contributed by atoms with Crippen LogP contribution in [0.4, 0.5) is 36.6 Å². The number of benzene rings is 1. The molecular weight excluding hydrogens is 784 g/mol. The zero-order chi connectivity index (χ0) is 41.4. The highest BCUT2D eigenvalue weighted by Gasteiger charge is 2.63. The topological polar surface area (TPSA) is 144 Å². The van der Waals surface area contributed by atoms with Gasteiger partial charge < -0.3 is 10.4 Å². The summed E-state index contributed by atoms with van der Waals surface area (Å²) in [5.41, 5.74) is -3.60. The van der Waals surface area contributed by atoms with Crippen LogP contribution >= 0.6 is 0 Å². The number of aliphatic hydroxyl groups is 1. The van der Waals surface area contributed by atoms with Gasteiger partial charge in [-0.05, 0) is 93.8 Å². The number of halogens is 7. The molecule has 3 N–H and O–H groups in total. The van der Waals surface area contributed by atoms with Crippen LogP contribution in [0, 0.1) is 36.3 Å². The van der Waals surface area contributed by atoms with Crippen molar-refractivity contribution in [2.24, 2.45) is 5.92 Å². The van der Waals surface area contributed by atoms with E-state index in [2.05, 4.69) is 36.9 Å². The average molecular weight is 818 g/mol. The van der Waals surface area contributed by atoms with Crippen LogP contribution in [0.1, 0.15) is 78.4 Å². The maximum atomic E-state index is 15.6. The maximum Gasteiger partial charge on any atom is 0.435 e. The van der Waals surface area contributed by atoms with Gasteiger partial charge in [0, 0.05) is 23.1 Å². The molecule has 4 aromatic heterocycles. The van der Waals surface area contributed by atoms with Crippen LogP contribution in [0.3, 0.4) is 0 Å². The fourth-order valence-electron chi connectivity index (χ4n) is 7.53. The van der Waals surface area contributed by atoms with E-state index in [0.29, 0.717) is 27.8 Å². The van der Waals surface area contributed by atoms with Gasteiger partial charge in [-0.2, -0.15) is 27.1 Å². The second kappa shape index (κ2) is 13.9. The Kier molecular flexibility index (Phi) is 9.67. The van der Waals surface area contributed by atoms with E-state index in [0.717, 1.165) is 18.4 Å². The standard InChI is InChI=1S/C38H34F7N7O4S/c1-19-46-35(50-57(4,55)56)29-7-5-6-28(52(19)29)25-9-8-23(12-13-36(2,3)54)47-32(25)27(16-20-14-21(39)17-22(40)15-20)48-30(53)18-51-34-31(33(49-51)38(43,44)45)24-10-11-26(24)37(34,41)42/h5-9,14-15,17,24,26-27,50,54H,10-11,16,18H2,1-4H3,(H,48,53). The minimum Gasteiger partial charge on any atom is -0.378 e. The first kappa shape index (κ1) is 39.7. The molecule has 19 heteroatoms. The van der Waals surface area contributed by atoms with Crippen molar-refractivity contribution < 1.29 is 49.1 Å². The molecule has 4 heterocycles. The third kappa shape index (κ3) is 7.80. The van der Waals surface area contributed by atoms with Gasteiger partial charge in [0.15, 0.2) is 11.5 Å². The summed E-state index contributed by atoms with van der Waals surface area (Å²) in [5, 5.41) is 16.4. The molecule has 1 amide bonds. The lowest BCUT2D eigenvalue weighted by Crippen LogP contribution is -2.36. The molecule has 57 heavy (non-hydrogen) atoms. The normalized spacial score (nSPS) is 18.0. The van der Waals surface area contributed by atoms with Gasteiger partial charge in [-0.1, -0.05) is 12.0 Å². The second-order valence-corrected chi connectivity index (χ2v) is 16.5. The summed E-state index contributed by atoms with van der Waals surface area (Å²) in [7, 11) is -3.78. The van der Waals surface area contributed by atoms with Gasteiger partial charge in [0.05, 0.1) is 29.2 Å². The molecule has 5 aromatic rings. The minimum atomic E-state index is -5.08. The average Bonchev–Trinajstić information content (AvgIpc) is 3.63. The number of carbonyl (C=O) groups is 1. The first-order valence-corrected chi connectivity index (χ1v) is 19.4. The number of aromatic nitrogens is 5. The van der Waals surface area contributed by atoms with Crippen molar-refractivity contribution in [3.63, 3.8) is 0 Å². The monoisotopic (exact) mass is 817 g/mol. The van der Waals surface area contributed by atoms with Crippen molar-refractivity contribution in [3.05, 3.63) is 99.9 Å². The predicted molar refractivity (Wildman–Crippen MR) is 192 cm³/mol. The van der Waals surface area contributed by atoms with Crippen LogP contribution < -0.4 is 10.0 Å². The van der Waals surface area contributed by atoms with Gasteiger partial charge in [0.2, 0.25) is 15.9 Å². The Morgan fingerprint density at radius 3 is 2.39 bits per heavy atom. The molecule has 1 saturated carbocycles. The molecule has 0 bridgehead atoms. The summed E-state index contributed by atoms with van der Waals surface area (Å²) in [5.74, 6) is -3.46. The Bertz CT molecular complexity index is 2600. The summed E-state index contributed by atoms with van der Waals surface area (Å²) < 4.78 is 131. The van der Waals surface area contributed by atoms with Crippen molar-refractivity contribution in [2.75, 3.05) is 11.0 Å². The Hall–Kier alpha value is -5.48. The van der Waals surface area contributed by atoms with Crippen LogP contribution in [0.5, 0.6) is 0 Å². The van der Waals surface area contributed by atoms with E-state index in [1.807, 2.05) is 0 Å². The van der Waals surface area contributed by atoms with Crippen molar-refractivity contribution in [1.29, 1.82) is 0 Å². The molecule has 3 atom stereocenters. The number of aryl methyl sites for hydroxylation is 1. The van der Waals surface area contributed by atoms with Gasteiger partial charge in [-0.15, -0.1) is 0 Å². The molecule has 1 fully saturated rings. The number of hydrogen-bond acceptors (Lipinski definition) is 7. The number of imidazole rings is 1. The number of carbonyl (C=O) groups excluding carboxylic acids is 1. The van der Waals surface area contributed by atoms with Gasteiger partial charge in [0.1, 0.15) is 41.0 Å². The summed E-state index contributed by atoms with van der Waals surface area (Å²) in [6.07, 6.45) is -4.41. The van der Waals surface area contributed by atoms with E-state index < -0.39 is 86.6 Å². The maximum absolute atomic E-state index is 15.6. The van der Waals surface area contributed by atoms with Crippen LogP contribution in [0.25, 0.3) is 16.8 Å². The SMILES string of the molecule is Cc1nc(NS(C)(=O)=O)c2cccc(-c3ccc(C#CC(C)(C)O)nc3C(Cc3cc(F)cc(F)c3)NC(=O)Cn3nc(C(F)(F)F)c4c3C(F)(F)C3CCC43)n12. The first-order valence-electron chi connectivity index (χ1n) is 17.5. The molecule has 7 rings (SSSR count). The quantitative estimate of drug-likeness (QED) is 0.116. The third-order valence-electron chi connectivity index (χ3n) is 9.81. The highest BCUT2D eigenvalue weighted by Crippen LogP contribution is 2.64. The van der Waals surface area contributed by atoms with Crippen molar-refractivity contribution in [3.8, 4) is 23.1 Å². The summed E-state index contributed by atoms with van der Waals surface area (Å²) in [4.78, 5) is 23.0. The first-order chi connectivity index (χ1) is 26.5. The highest BCUT2D eigenvalue weighted by atomic mass is 32.2. The van der Waals surface area contributed by atoms with E-state index in [4.69, 9.17) is 0 Å². The Morgan fingerprint density at radius 2 is 1.77 bits per heavy atom. The van der Waals surface area contributed by atoms with E-state index in [9.17, 15) is 40.3 Å². The molecule has 2 aliphatic rings. The Balaban J connectivity index is 1.38. The smallest absolute Gasteiger partial charge is 0.378 e. The van der Waals surface area contributed by atoms with Gasteiger partial charge in [0.25, 0.3) is 5.92 Å². The largest absolute Gasteiger partial charge is 0.435 e. The van der Waals surface area contributed by atoms with Gasteiger partial charge in [-0.3, -0.25) is 18.6 Å².